The van der Waals surface area contributed by atoms with E-state index >= 15 is 0 Å². The molecule has 0 aliphatic carbocycles. The van der Waals surface area contributed by atoms with Crippen LogP contribution in [0.4, 0.5) is 11.5 Å². The van der Waals surface area contributed by atoms with Gasteiger partial charge in [-0.1, -0.05) is 0 Å². The van der Waals surface area contributed by atoms with Crippen LogP contribution in [0.5, 0.6) is 0 Å². The summed E-state index contributed by atoms with van der Waals surface area (Å²) in [4.78, 5) is 8.39. The van der Waals surface area contributed by atoms with Gasteiger partial charge in [0.1, 0.15) is 5.82 Å². The third-order valence-corrected chi connectivity index (χ3v) is 2.98. The second kappa shape index (κ2) is 4.72. The van der Waals surface area contributed by atoms with Gasteiger partial charge in [-0.15, -0.1) is 0 Å². The van der Waals surface area contributed by atoms with Crippen molar-refractivity contribution in [1.82, 2.24) is 9.79 Å². The van der Waals surface area contributed by atoms with Crippen LogP contribution in [0.25, 0.3) is 0 Å². The molecule has 5 nitrogen and oxygen atoms in total. The van der Waals surface area contributed by atoms with E-state index in [9.17, 15) is 5.02 Å². The van der Waals surface area contributed by atoms with E-state index in [1.165, 1.54) is 0 Å². The number of hydrogen-bond acceptors (Lipinski definition) is 5. The molecule has 0 aromatic carbocycles. The highest BCUT2D eigenvalue weighted by Crippen LogP contribution is 2.16. The first-order chi connectivity index (χ1) is 7.66. The molecule has 1 aromatic rings. The molecule has 1 aromatic heterocycles. The highest BCUT2D eigenvalue weighted by Gasteiger charge is 2.22. The number of nitrogens with zero attached hydrogens (tertiary/aromatic N) is 3. The highest BCUT2D eigenvalue weighted by atomic mass is 16.2. The van der Waals surface area contributed by atoms with Crippen molar-refractivity contribution in [2.75, 3.05) is 36.8 Å². The van der Waals surface area contributed by atoms with Gasteiger partial charge in [-0.25, -0.2) is 4.98 Å². The number of rotatable bonds is 2. The fourth-order valence-electron chi connectivity index (χ4n) is 1.94. The molecule has 2 rings (SSSR count). The maximum Gasteiger partial charge on any atom is 0.376 e. The number of pyridine rings is 1. The van der Waals surface area contributed by atoms with E-state index in [1.807, 2.05) is 12.1 Å². The Morgan fingerprint density at radius 1 is 1.31 bits per heavy atom. The molecule has 86 valence electrons. The van der Waals surface area contributed by atoms with Gasteiger partial charge in [0.05, 0.1) is 11.9 Å². The average Bonchev–Trinajstić information content (AvgIpc) is 2.30. The Morgan fingerprint density at radius 3 is 2.50 bits per heavy atom. The molecule has 16 heavy (non-hydrogen) atoms. The van der Waals surface area contributed by atoms with E-state index in [-0.39, 0.29) is 7.05 Å². The molecule has 0 unspecified atom stereocenters. The first kappa shape index (κ1) is 11.2. The third kappa shape index (κ3) is 2.45. The zero-order chi connectivity index (χ0) is 11.5. The smallest absolute Gasteiger partial charge is 0.376 e. The maximum absolute atomic E-state index is 9.45. The Bertz CT molecular complexity index is 335. The second-order valence-corrected chi connectivity index (χ2v) is 4.10. The lowest BCUT2D eigenvalue weighted by Crippen LogP contribution is -2.51. The predicted molar refractivity (Wildman–Crippen MR) is 66.3 cm³/mol. The van der Waals surface area contributed by atoms with Crippen LogP contribution in [0.15, 0.2) is 18.3 Å². The SMILES string of the molecule is CB(O)N1CCN(c2ccc(N)nc2)CC1. The summed E-state index contributed by atoms with van der Waals surface area (Å²) in [7, 11) is -0.355. The van der Waals surface area contributed by atoms with E-state index in [0.29, 0.717) is 5.82 Å². The highest BCUT2D eigenvalue weighted by molar-refractivity contribution is 6.45. The molecule has 0 amide bonds. The monoisotopic (exact) mass is 220 g/mol. The second-order valence-electron chi connectivity index (χ2n) is 4.10. The van der Waals surface area contributed by atoms with Crippen molar-refractivity contribution >= 4 is 18.6 Å². The molecule has 3 N–H and O–H groups in total. The van der Waals surface area contributed by atoms with Gasteiger partial charge in [-0.05, 0) is 19.0 Å². The summed E-state index contributed by atoms with van der Waals surface area (Å²) in [5, 5.41) is 9.45. The van der Waals surface area contributed by atoms with Gasteiger partial charge >= 0.3 is 7.05 Å². The molecule has 0 bridgehead atoms. The van der Waals surface area contributed by atoms with Gasteiger partial charge in [-0.2, -0.15) is 0 Å². The maximum atomic E-state index is 9.45. The number of anilines is 2. The summed E-state index contributed by atoms with van der Waals surface area (Å²) < 4.78 is 0. The van der Waals surface area contributed by atoms with Crippen LogP contribution in [0.3, 0.4) is 0 Å². The minimum atomic E-state index is -0.355. The zero-order valence-electron chi connectivity index (χ0n) is 9.50. The van der Waals surface area contributed by atoms with E-state index in [4.69, 9.17) is 5.73 Å². The number of aromatic nitrogens is 1. The van der Waals surface area contributed by atoms with Crippen molar-refractivity contribution in [3.63, 3.8) is 0 Å². The Morgan fingerprint density at radius 2 is 2.00 bits per heavy atom. The fourth-order valence-corrected chi connectivity index (χ4v) is 1.94. The Labute approximate surface area is 96.0 Å². The van der Waals surface area contributed by atoms with Crippen LogP contribution in [0.1, 0.15) is 0 Å². The van der Waals surface area contributed by atoms with Crippen LogP contribution < -0.4 is 10.6 Å². The summed E-state index contributed by atoms with van der Waals surface area (Å²) in [5.74, 6) is 0.548. The largest absolute Gasteiger partial charge is 0.437 e. The van der Waals surface area contributed by atoms with E-state index in [2.05, 4.69) is 14.7 Å². The Balaban J connectivity index is 1.96. The quantitative estimate of drug-likeness (QED) is 0.681. The standard InChI is InChI=1S/C10H17BN4O/c1-11(16)15-6-4-14(5-7-15)9-2-3-10(12)13-8-9/h2-3,8,16H,4-7H2,1H3,(H2,12,13). The molecule has 0 atom stereocenters. The fraction of sp³-hybridized carbons (Fsp3) is 0.500. The lowest BCUT2D eigenvalue weighted by atomic mass is 9.84. The molecular formula is C10H17BN4O. The third-order valence-electron chi connectivity index (χ3n) is 2.98. The Hall–Kier alpha value is -1.27. The first-order valence-corrected chi connectivity index (χ1v) is 5.55. The summed E-state index contributed by atoms with van der Waals surface area (Å²) >= 11 is 0. The minimum Gasteiger partial charge on any atom is -0.437 e. The van der Waals surface area contributed by atoms with Gasteiger partial charge < -0.3 is 20.5 Å². The molecular weight excluding hydrogens is 203 g/mol. The molecule has 1 fully saturated rings. The number of hydrogen-bond donors (Lipinski definition) is 2. The van der Waals surface area contributed by atoms with Crippen molar-refractivity contribution in [2.24, 2.45) is 0 Å². The molecule has 1 aliphatic rings. The van der Waals surface area contributed by atoms with Crippen molar-refractivity contribution in [1.29, 1.82) is 0 Å². The average molecular weight is 220 g/mol. The lowest BCUT2D eigenvalue weighted by Gasteiger charge is -2.36. The molecule has 0 spiro atoms. The van der Waals surface area contributed by atoms with Crippen LogP contribution in [-0.2, 0) is 0 Å². The van der Waals surface area contributed by atoms with Crippen LogP contribution in [0, 0.1) is 0 Å². The summed E-state index contributed by atoms with van der Waals surface area (Å²) in [6, 6.07) is 3.80. The van der Waals surface area contributed by atoms with Gasteiger partial charge in [0.2, 0.25) is 0 Å². The minimum absolute atomic E-state index is 0.355. The molecule has 2 heterocycles. The topological polar surface area (TPSA) is 65.6 Å². The van der Waals surface area contributed by atoms with Gasteiger partial charge in [0, 0.05) is 26.2 Å². The first-order valence-electron chi connectivity index (χ1n) is 5.55. The predicted octanol–water partition coefficient (Wildman–Crippen LogP) is -0.104. The van der Waals surface area contributed by atoms with Crippen molar-refractivity contribution < 1.29 is 5.02 Å². The van der Waals surface area contributed by atoms with Gasteiger partial charge in [0.15, 0.2) is 0 Å². The lowest BCUT2D eigenvalue weighted by molar-refractivity contribution is 0.344. The van der Waals surface area contributed by atoms with E-state index in [0.717, 1.165) is 31.9 Å². The summed E-state index contributed by atoms with van der Waals surface area (Å²) in [6.07, 6.45) is 1.80. The van der Waals surface area contributed by atoms with Crippen LogP contribution in [0.2, 0.25) is 6.82 Å². The van der Waals surface area contributed by atoms with E-state index in [1.54, 1.807) is 13.0 Å². The number of nitrogens with two attached hydrogens (primary N) is 1. The summed E-state index contributed by atoms with van der Waals surface area (Å²) in [5.41, 5.74) is 6.64. The molecule has 1 saturated heterocycles. The molecule has 1 aliphatic heterocycles. The van der Waals surface area contributed by atoms with Crippen LogP contribution >= 0.6 is 0 Å². The summed E-state index contributed by atoms with van der Waals surface area (Å²) in [6.45, 7) is 5.39. The number of piperazine rings is 1. The molecule has 6 heteroatoms. The Kier molecular flexibility index (Phi) is 3.31. The van der Waals surface area contributed by atoms with Gasteiger partial charge in [-0.3, -0.25) is 0 Å². The zero-order valence-corrected chi connectivity index (χ0v) is 9.50. The van der Waals surface area contributed by atoms with Gasteiger partial charge in [0.25, 0.3) is 0 Å². The van der Waals surface area contributed by atoms with E-state index < -0.39 is 0 Å². The van der Waals surface area contributed by atoms with Crippen molar-refractivity contribution in [2.45, 2.75) is 6.82 Å². The van der Waals surface area contributed by atoms with Crippen LogP contribution in [-0.4, -0.2) is 48.0 Å². The van der Waals surface area contributed by atoms with Crippen molar-refractivity contribution in [3.05, 3.63) is 18.3 Å². The molecule has 0 saturated carbocycles. The van der Waals surface area contributed by atoms with Crippen molar-refractivity contribution in [3.8, 4) is 0 Å². The normalized spacial score (nSPS) is 17.5. The number of nitrogen functional groups attached to an aromatic ring is 1. The molecule has 0 radical (unpaired) electrons.